The Hall–Kier alpha value is -7.42. The zero-order valence-electron chi connectivity index (χ0n) is 36.9. The highest BCUT2D eigenvalue weighted by atomic mass is 14.9. The molecule has 0 amide bonds. The van der Waals surface area contributed by atoms with Crippen molar-refractivity contribution < 1.29 is 0 Å². The first-order valence-electron chi connectivity index (χ1n) is 24.1. The number of rotatable bonds is 6. The molecule has 1 aromatic heterocycles. The molecule has 0 unspecified atom stereocenters. The monoisotopic (exact) mass is 844 g/mol. The zero-order chi connectivity index (χ0) is 43.3. The number of hydrogen-bond acceptors (Lipinski definition) is 2. The normalized spacial score (nSPS) is 21.1. The number of aromatic nitrogens is 2. The molecule has 314 valence electrons. The van der Waals surface area contributed by atoms with E-state index in [1.165, 1.54) is 87.0 Å². The predicted molar refractivity (Wildman–Crippen MR) is 273 cm³/mol. The van der Waals surface area contributed by atoms with Gasteiger partial charge in [0.25, 0.3) is 0 Å². The fourth-order valence-corrected chi connectivity index (χ4v) is 13.7. The van der Waals surface area contributed by atoms with Crippen LogP contribution in [0.3, 0.4) is 0 Å². The Bertz CT molecular complexity index is 3500. The second kappa shape index (κ2) is 14.8. The van der Waals surface area contributed by atoms with Crippen molar-refractivity contribution in [3.63, 3.8) is 0 Å². The average molecular weight is 845 g/mol. The van der Waals surface area contributed by atoms with Crippen molar-refractivity contribution in [3.8, 4) is 78.4 Å². The minimum absolute atomic E-state index is 0.107. The van der Waals surface area contributed by atoms with Crippen molar-refractivity contribution in [1.29, 1.82) is 0 Å². The molecule has 0 aliphatic heterocycles. The SMILES string of the molecule is c1ccc(-c2cccc(-c3cc(-c4c(-c5ccc(-c6cccc7c6-c6cc8ccccc8cc6C76C7CC8CC(C7)CC6C8)cc5)ccc5ccccc45)nc(-c4ccccc4)n3)c2)cc1. The molecule has 5 aliphatic rings. The van der Waals surface area contributed by atoms with Gasteiger partial charge in [-0.15, -0.1) is 0 Å². The van der Waals surface area contributed by atoms with E-state index in [-0.39, 0.29) is 5.41 Å². The van der Waals surface area contributed by atoms with Gasteiger partial charge in [-0.2, -0.15) is 0 Å². The Morgan fingerprint density at radius 1 is 0.333 bits per heavy atom. The zero-order valence-corrected chi connectivity index (χ0v) is 36.9. The Kier molecular flexibility index (Phi) is 8.50. The summed E-state index contributed by atoms with van der Waals surface area (Å²) in [5, 5.41) is 5.07. The topological polar surface area (TPSA) is 25.8 Å². The summed E-state index contributed by atoms with van der Waals surface area (Å²) in [5.41, 5.74) is 18.5. The first-order valence-corrected chi connectivity index (χ1v) is 24.1. The summed E-state index contributed by atoms with van der Waals surface area (Å²) in [6, 6.07) is 76.2. The van der Waals surface area contributed by atoms with Crippen LogP contribution in [0.5, 0.6) is 0 Å². The molecule has 2 nitrogen and oxygen atoms in total. The summed E-state index contributed by atoms with van der Waals surface area (Å²) in [4.78, 5) is 10.7. The second-order valence-corrected chi connectivity index (χ2v) is 19.7. The number of nitrogens with zero attached hydrogens (tertiary/aromatic N) is 2. The molecule has 4 fully saturated rings. The summed E-state index contributed by atoms with van der Waals surface area (Å²) in [5.74, 6) is 3.97. The second-order valence-electron chi connectivity index (χ2n) is 19.7. The third-order valence-electron chi connectivity index (χ3n) is 16.3. The van der Waals surface area contributed by atoms with Crippen LogP contribution < -0.4 is 0 Å². The molecule has 1 spiro atoms. The van der Waals surface area contributed by atoms with E-state index < -0.39 is 0 Å². The van der Waals surface area contributed by atoms with Crippen molar-refractivity contribution in [1.82, 2.24) is 9.97 Å². The van der Waals surface area contributed by atoms with Gasteiger partial charge in [-0.05, 0) is 157 Å². The van der Waals surface area contributed by atoms with Crippen LogP contribution in [0.2, 0.25) is 0 Å². The Balaban J connectivity index is 0.925. The molecule has 4 bridgehead atoms. The van der Waals surface area contributed by atoms with E-state index in [4.69, 9.17) is 9.97 Å². The quantitative estimate of drug-likeness (QED) is 0.167. The maximum Gasteiger partial charge on any atom is 0.160 e. The standard InChI is InChI=1S/C64H48N2/c1-3-13-42(14-4-1)47-20-11-21-50(36-47)59-39-60(66-63(65-59)46-16-5-2-6-17-46)62-54-22-10-9-15-43(54)29-30-55(62)45-27-25-44(26-28-45)53-23-12-24-57-61(53)56-37-48-18-7-8-19-49(48)38-58(56)64(57)51-32-40-31-41(34-51)35-52(64)33-40/h1-30,36-41,51-52H,31-35H2. The highest BCUT2D eigenvalue weighted by Gasteiger charge is 2.61. The first kappa shape index (κ1) is 37.9. The molecular weight excluding hydrogens is 797 g/mol. The fourth-order valence-electron chi connectivity index (χ4n) is 13.7. The molecule has 2 heteroatoms. The Labute approximate surface area is 386 Å². The lowest BCUT2D eigenvalue weighted by molar-refractivity contribution is -0.0398. The van der Waals surface area contributed by atoms with E-state index in [0.717, 1.165) is 62.9 Å². The minimum atomic E-state index is 0.107. The first-order chi connectivity index (χ1) is 32.7. The highest BCUT2D eigenvalue weighted by Crippen LogP contribution is 2.70. The molecule has 66 heavy (non-hydrogen) atoms. The van der Waals surface area contributed by atoms with E-state index in [0.29, 0.717) is 5.82 Å². The summed E-state index contributed by atoms with van der Waals surface area (Å²) in [6.07, 6.45) is 6.99. The van der Waals surface area contributed by atoms with Gasteiger partial charge in [0.15, 0.2) is 5.82 Å². The molecule has 4 saturated carbocycles. The van der Waals surface area contributed by atoms with E-state index in [2.05, 4.69) is 206 Å². The summed E-state index contributed by atoms with van der Waals surface area (Å²) in [6.45, 7) is 0. The van der Waals surface area contributed by atoms with Crippen LogP contribution in [-0.2, 0) is 5.41 Å². The smallest absolute Gasteiger partial charge is 0.160 e. The van der Waals surface area contributed by atoms with Crippen LogP contribution in [0.1, 0.15) is 43.2 Å². The van der Waals surface area contributed by atoms with Gasteiger partial charge in [0.05, 0.1) is 11.4 Å². The van der Waals surface area contributed by atoms with Crippen LogP contribution >= 0.6 is 0 Å². The van der Waals surface area contributed by atoms with Crippen molar-refractivity contribution in [2.45, 2.75) is 37.5 Å². The molecule has 0 atom stereocenters. The summed E-state index contributed by atoms with van der Waals surface area (Å²) in [7, 11) is 0. The number of fused-ring (bicyclic) bond motifs is 5. The van der Waals surface area contributed by atoms with Gasteiger partial charge >= 0.3 is 0 Å². The van der Waals surface area contributed by atoms with E-state index in [9.17, 15) is 0 Å². The van der Waals surface area contributed by atoms with Gasteiger partial charge in [0, 0.05) is 22.1 Å². The maximum absolute atomic E-state index is 5.43. The Morgan fingerprint density at radius 3 is 1.64 bits per heavy atom. The molecular formula is C64H48N2. The molecule has 9 aromatic carbocycles. The van der Waals surface area contributed by atoms with E-state index in [1.807, 2.05) is 0 Å². The number of hydrogen-bond donors (Lipinski definition) is 0. The lowest BCUT2D eigenvalue weighted by Crippen LogP contribution is -2.55. The van der Waals surface area contributed by atoms with Crippen LogP contribution in [0.15, 0.2) is 206 Å². The van der Waals surface area contributed by atoms with Crippen molar-refractivity contribution in [2.24, 2.45) is 23.7 Å². The van der Waals surface area contributed by atoms with Crippen LogP contribution in [0, 0.1) is 23.7 Å². The van der Waals surface area contributed by atoms with Crippen molar-refractivity contribution in [3.05, 3.63) is 217 Å². The average Bonchev–Trinajstić information content (AvgIpc) is 3.66. The molecule has 15 rings (SSSR count). The summed E-state index contributed by atoms with van der Waals surface area (Å²) < 4.78 is 0. The van der Waals surface area contributed by atoms with Crippen molar-refractivity contribution >= 4 is 21.5 Å². The largest absolute Gasteiger partial charge is 0.228 e. The molecule has 0 radical (unpaired) electrons. The van der Waals surface area contributed by atoms with Gasteiger partial charge in [-0.25, -0.2) is 9.97 Å². The van der Waals surface area contributed by atoms with E-state index in [1.54, 1.807) is 11.1 Å². The lowest BCUT2D eigenvalue weighted by Gasteiger charge is -2.61. The lowest BCUT2D eigenvalue weighted by atomic mass is 9.43. The molecule has 0 saturated heterocycles. The van der Waals surface area contributed by atoms with Gasteiger partial charge in [-0.3, -0.25) is 0 Å². The van der Waals surface area contributed by atoms with Gasteiger partial charge < -0.3 is 0 Å². The van der Waals surface area contributed by atoms with Crippen LogP contribution in [0.4, 0.5) is 0 Å². The van der Waals surface area contributed by atoms with E-state index >= 15 is 0 Å². The molecule has 5 aliphatic carbocycles. The van der Waals surface area contributed by atoms with Crippen LogP contribution in [-0.4, -0.2) is 9.97 Å². The van der Waals surface area contributed by atoms with Gasteiger partial charge in [0.2, 0.25) is 0 Å². The van der Waals surface area contributed by atoms with Gasteiger partial charge in [0.1, 0.15) is 0 Å². The maximum atomic E-state index is 5.43. The molecule has 1 heterocycles. The Morgan fingerprint density at radius 2 is 0.909 bits per heavy atom. The van der Waals surface area contributed by atoms with Gasteiger partial charge in [-0.1, -0.05) is 182 Å². The minimum Gasteiger partial charge on any atom is -0.228 e. The van der Waals surface area contributed by atoms with Crippen LogP contribution in [0.25, 0.3) is 100.0 Å². The predicted octanol–water partition coefficient (Wildman–Crippen LogP) is 16.5. The molecule has 0 N–H and O–H groups in total. The number of benzene rings is 9. The van der Waals surface area contributed by atoms with Crippen molar-refractivity contribution in [2.75, 3.05) is 0 Å². The summed E-state index contributed by atoms with van der Waals surface area (Å²) >= 11 is 0. The fraction of sp³-hybridized carbons (Fsp3) is 0.156. The highest BCUT2D eigenvalue weighted by molar-refractivity contribution is 6.04. The third-order valence-corrected chi connectivity index (χ3v) is 16.3. The molecule has 10 aromatic rings. The third kappa shape index (κ3) is 5.80.